The zero-order valence-electron chi connectivity index (χ0n) is 12.3. The molecule has 0 spiro atoms. The lowest BCUT2D eigenvalue weighted by Crippen LogP contribution is -2.19. The van der Waals surface area contributed by atoms with Crippen LogP contribution >= 0.6 is 11.8 Å². The zero-order valence-corrected chi connectivity index (χ0v) is 13.2. The lowest BCUT2D eigenvalue weighted by atomic mass is 10.2. The Morgan fingerprint density at radius 2 is 1.76 bits per heavy atom. The highest BCUT2D eigenvalue weighted by atomic mass is 32.2. The fourth-order valence-corrected chi connectivity index (χ4v) is 3.01. The molecule has 0 aliphatic carbocycles. The monoisotopic (exact) mass is 311 g/mol. The van der Waals surface area contributed by atoms with Crippen LogP contribution in [-0.2, 0) is 9.53 Å². The number of ether oxygens (including phenoxy) is 4. The summed E-state index contributed by atoms with van der Waals surface area (Å²) in [6, 6.07) is 3.16. The van der Waals surface area contributed by atoms with Crippen molar-refractivity contribution in [2.75, 3.05) is 34.2 Å². The van der Waals surface area contributed by atoms with Gasteiger partial charge in [-0.2, -0.15) is 0 Å². The molecular weight excluding hydrogens is 294 g/mol. The molecule has 7 heteroatoms. The fraction of sp³-hybridized carbons (Fsp3) is 0.429. The predicted octanol–water partition coefficient (Wildman–Crippen LogP) is 1.75. The van der Waals surface area contributed by atoms with Crippen molar-refractivity contribution in [2.24, 2.45) is 4.99 Å². The summed E-state index contributed by atoms with van der Waals surface area (Å²) in [4.78, 5) is 15.9. The van der Waals surface area contributed by atoms with Gasteiger partial charge >= 0.3 is 5.97 Å². The molecular formula is C14H17NO5S. The van der Waals surface area contributed by atoms with E-state index in [9.17, 15) is 4.79 Å². The molecule has 0 aromatic heterocycles. The van der Waals surface area contributed by atoms with Crippen LogP contribution in [-0.4, -0.2) is 51.2 Å². The maximum atomic E-state index is 11.5. The highest BCUT2D eigenvalue weighted by Crippen LogP contribution is 2.40. The van der Waals surface area contributed by atoms with Gasteiger partial charge in [0, 0.05) is 11.3 Å². The molecule has 0 N–H and O–H groups in total. The molecule has 1 aromatic carbocycles. The summed E-state index contributed by atoms with van der Waals surface area (Å²) in [7, 11) is 6.03. The predicted molar refractivity (Wildman–Crippen MR) is 80.9 cm³/mol. The summed E-state index contributed by atoms with van der Waals surface area (Å²) in [6.45, 7) is 0. The molecule has 0 fully saturated rings. The number of hydrogen-bond acceptors (Lipinski definition) is 7. The van der Waals surface area contributed by atoms with E-state index in [1.54, 1.807) is 21.3 Å². The van der Waals surface area contributed by atoms with Gasteiger partial charge in [-0.15, -0.1) is 11.8 Å². The second kappa shape index (κ2) is 6.71. The van der Waals surface area contributed by atoms with Crippen LogP contribution in [0, 0.1) is 0 Å². The third-order valence-corrected chi connectivity index (χ3v) is 4.13. The van der Waals surface area contributed by atoms with E-state index in [1.165, 1.54) is 18.9 Å². The summed E-state index contributed by atoms with van der Waals surface area (Å²) in [5.41, 5.74) is 0.820. The van der Waals surface area contributed by atoms with Gasteiger partial charge in [-0.25, -0.2) is 4.79 Å². The molecule has 0 bridgehead atoms. The van der Waals surface area contributed by atoms with Crippen molar-refractivity contribution in [3.63, 3.8) is 0 Å². The van der Waals surface area contributed by atoms with E-state index in [0.717, 1.165) is 10.6 Å². The van der Waals surface area contributed by atoms with Crippen LogP contribution in [0.1, 0.15) is 5.56 Å². The normalized spacial score (nSPS) is 17.1. The van der Waals surface area contributed by atoms with Crippen molar-refractivity contribution in [3.8, 4) is 17.2 Å². The third kappa shape index (κ3) is 3.07. The smallest absolute Gasteiger partial charge is 0.331 e. The Labute approximate surface area is 127 Å². The quantitative estimate of drug-likeness (QED) is 0.772. The maximum absolute atomic E-state index is 11.5. The minimum Gasteiger partial charge on any atom is -0.493 e. The number of nitrogens with zero attached hydrogens (tertiary/aromatic N) is 1. The summed E-state index contributed by atoms with van der Waals surface area (Å²) >= 11 is 1.50. The molecule has 21 heavy (non-hydrogen) atoms. The van der Waals surface area contributed by atoms with Crippen LogP contribution < -0.4 is 14.2 Å². The number of hydrogen-bond donors (Lipinski definition) is 0. The van der Waals surface area contributed by atoms with E-state index in [4.69, 9.17) is 18.9 Å². The van der Waals surface area contributed by atoms with Crippen molar-refractivity contribution in [1.82, 2.24) is 0 Å². The van der Waals surface area contributed by atoms with Crippen LogP contribution in [0.3, 0.4) is 0 Å². The van der Waals surface area contributed by atoms with Crippen LogP contribution in [0.5, 0.6) is 17.2 Å². The number of methoxy groups -OCH3 is 4. The van der Waals surface area contributed by atoms with Gasteiger partial charge in [0.15, 0.2) is 17.5 Å². The van der Waals surface area contributed by atoms with Crippen LogP contribution in [0.25, 0.3) is 0 Å². The van der Waals surface area contributed by atoms with Gasteiger partial charge in [-0.3, -0.25) is 4.99 Å². The first-order chi connectivity index (χ1) is 10.1. The van der Waals surface area contributed by atoms with Crippen LogP contribution in [0.2, 0.25) is 0 Å². The second-order valence-electron chi connectivity index (χ2n) is 4.20. The summed E-state index contributed by atoms with van der Waals surface area (Å²) in [5.74, 6) is 1.87. The maximum Gasteiger partial charge on any atom is 0.331 e. The van der Waals surface area contributed by atoms with Gasteiger partial charge in [0.2, 0.25) is 5.75 Å². The lowest BCUT2D eigenvalue weighted by molar-refractivity contribution is -0.141. The van der Waals surface area contributed by atoms with E-state index < -0.39 is 6.04 Å². The molecule has 6 nitrogen and oxygen atoms in total. The number of rotatable bonds is 5. The number of carbonyl (C=O) groups is 1. The van der Waals surface area contributed by atoms with Gasteiger partial charge in [0.05, 0.1) is 33.5 Å². The molecule has 2 rings (SSSR count). The second-order valence-corrected chi connectivity index (χ2v) is 5.21. The topological polar surface area (TPSA) is 66.4 Å². The molecule has 0 unspecified atom stereocenters. The van der Waals surface area contributed by atoms with Crippen molar-refractivity contribution in [1.29, 1.82) is 0 Å². The standard InChI is InChI=1S/C14H17NO5S/c1-17-10-5-8(6-11(18-2)12(10)19-3)13-15-9(7-21-13)14(16)20-4/h5-6,9H,7H2,1-4H3/t9-/m0/s1. The summed E-state index contributed by atoms with van der Waals surface area (Å²) < 4.78 is 20.6. The molecule has 0 amide bonds. The minimum absolute atomic E-state index is 0.329. The molecule has 1 aliphatic rings. The summed E-state index contributed by atoms with van der Waals surface area (Å²) in [6.07, 6.45) is 0. The Bertz CT molecular complexity index is 547. The van der Waals surface area contributed by atoms with Crippen molar-refractivity contribution >= 4 is 22.8 Å². The fourth-order valence-electron chi connectivity index (χ4n) is 1.99. The van der Waals surface area contributed by atoms with Gasteiger partial charge in [0.1, 0.15) is 0 Å². The number of thioether (sulfide) groups is 1. The minimum atomic E-state index is -0.464. The zero-order chi connectivity index (χ0) is 15.4. The lowest BCUT2D eigenvalue weighted by Gasteiger charge is -2.13. The van der Waals surface area contributed by atoms with E-state index in [1.807, 2.05) is 12.1 Å². The molecule has 1 aliphatic heterocycles. The van der Waals surface area contributed by atoms with E-state index in [2.05, 4.69) is 4.99 Å². The molecule has 0 saturated carbocycles. The Morgan fingerprint density at radius 1 is 1.14 bits per heavy atom. The first-order valence-corrected chi connectivity index (χ1v) is 7.22. The van der Waals surface area contributed by atoms with E-state index in [0.29, 0.717) is 23.0 Å². The highest BCUT2D eigenvalue weighted by molar-refractivity contribution is 8.14. The van der Waals surface area contributed by atoms with Crippen LogP contribution in [0.4, 0.5) is 0 Å². The average molecular weight is 311 g/mol. The van der Waals surface area contributed by atoms with E-state index >= 15 is 0 Å². The SMILES string of the molecule is COC(=O)[C@@H]1CSC(c2cc(OC)c(OC)c(OC)c2)=N1. The number of carbonyl (C=O) groups excluding carboxylic acids is 1. The molecule has 1 heterocycles. The molecule has 1 atom stereocenters. The molecule has 114 valence electrons. The molecule has 0 saturated heterocycles. The Kier molecular flexibility index (Phi) is 4.95. The third-order valence-electron chi connectivity index (χ3n) is 3.04. The van der Waals surface area contributed by atoms with E-state index in [-0.39, 0.29) is 5.97 Å². The average Bonchev–Trinajstić information content (AvgIpc) is 3.02. The Morgan fingerprint density at radius 3 is 2.24 bits per heavy atom. The summed E-state index contributed by atoms with van der Waals surface area (Å²) in [5, 5.41) is 0.754. The number of aliphatic imine (C=N–C) groups is 1. The Balaban J connectivity index is 2.39. The first kappa shape index (κ1) is 15.5. The number of esters is 1. The van der Waals surface area contributed by atoms with Crippen LogP contribution in [0.15, 0.2) is 17.1 Å². The van der Waals surface area contributed by atoms with Crippen molar-refractivity contribution < 1.29 is 23.7 Å². The highest BCUT2D eigenvalue weighted by Gasteiger charge is 2.27. The first-order valence-electron chi connectivity index (χ1n) is 6.23. The van der Waals surface area contributed by atoms with Crippen molar-refractivity contribution in [2.45, 2.75) is 6.04 Å². The van der Waals surface area contributed by atoms with Gasteiger partial charge < -0.3 is 18.9 Å². The van der Waals surface area contributed by atoms with Gasteiger partial charge in [0.25, 0.3) is 0 Å². The van der Waals surface area contributed by atoms with Gasteiger partial charge in [-0.1, -0.05) is 0 Å². The van der Waals surface area contributed by atoms with Crippen molar-refractivity contribution in [3.05, 3.63) is 17.7 Å². The van der Waals surface area contributed by atoms with Gasteiger partial charge in [-0.05, 0) is 12.1 Å². The molecule has 0 radical (unpaired) electrons. The Hall–Kier alpha value is -1.89. The largest absolute Gasteiger partial charge is 0.493 e. The molecule has 1 aromatic rings. The number of benzene rings is 1.